The second-order valence-corrected chi connectivity index (χ2v) is 12.0. The Bertz CT molecular complexity index is 2860. The van der Waals surface area contributed by atoms with Crippen molar-refractivity contribution in [1.29, 1.82) is 0 Å². The van der Waals surface area contributed by atoms with E-state index in [9.17, 15) is 4.39 Å². The summed E-state index contributed by atoms with van der Waals surface area (Å²) in [5.41, 5.74) is 7.93. The van der Waals surface area contributed by atoms with Gasteiger partial charge in [0.15, 0.2) is 0 Å². The molecule has 0 bridgehead atoms. The van der Waals surface area contributed by atoms with Crippen molar-refractivity contribution in [3.63, 3.8) is 0 Å². The van der Waals surface area contributed by atoms with Crippen LogP contribution < -0.4 is 0 Å². The van der Waals surface area contributed by atoms with Gasteiger partial charge in [-0.2, -0.15) is 0 Å². The maximum Gasteiger partial charge on any atom is 0.235 e. The van der Waals surface area contributed by atoms with Crippen molar-refractivity contribution in [1.82, 2.24) is 19.1 Å². The summed E-state index contributed by atoms with van der Waals surface area (Å²) in [6.07, 6.45) is 0. The summed E-state index contributed by atoms with van der Waals surface area (Å²) in [7, 11) is 0. The van der Waals surface area contributed by atoms with Gasteiger partial charge in [0.25, 0.3) is 0 Å². The fourth-order valence-electron chi connectivity index (χ4n) is 7.33. The molecule has 5 heteroatoms. The van der Waals surface area contributed by atoms with Crippen LogP contribution in [0.3, 0.4) is 0 Å². The molecule has 4 nitrogen and oxygen atoms in total. The quantitative estimate of drug-likeness (QED) is 0.201. The minimum atomic E-state index is -0.250. The molecular formula is C42H25FN4. The molecule has 220 valence electrons. The van der Waals surface area contributed by atoms with Gasteiger partial charge in [0.2, 0.25) is 5.95 Å². The first-order valence-electron chi connectivity index (χ1n) is 15.7. The van der Waals surface area contributed by atoms with Crippen LogP contribution in [0.5, 0.6) is 0 Å². The van der Waals surface area contributed by atoms with E-state index in [0.717, 1.165) is 60.7 Å². The molecule has 0 saturated heterocycles. The van der Waals surface area contributed by atoms with Crippen LogP contribution in [-0.4, -0.2) is 19.1 Å². The molecule has 0 atom stereocenters. The topological polar surface area (TPSA) is 35.6 Å². The number of fused-ring (bicyclic) bond motifs is 9. The second kappa shape index (κ2) is 9.83. The first-order chi connectivity index (χ1) is 23.2. The highest BCUT2D eigenvalue weighted by Crippen LogP contribution is 2.39. The molecule has 0 aliphatic rings. The van der Waals surface area contributed by atoms with Crippen molar-refractivity contribution >= 4 is 65.3 Å². The third-order valence-electron chi connectivity index (χ3n) is 9.38. The number of hydrogen-bond donors (Lipinski definition) is 0. The van der Waals surface area contributed by atoms with Gasteiger partial charge in [-0.25, -0.2) is 14.4 Å². The Morgan fingerprint density at radius 1 is 0.447 bits per heavy atom. The molecule has 0 saturated carbocycles. The Balaban J connectivity index is 1.26. The molecule has 7 aromatic carbocycles. The number of aromatic nitrogens is 4. The molecule has 0 unspecified atom stereocenters. The lowest BCUT2D eigenvalue weighted by molar-refractivity contribution is 0.627. The van der Waals surface area contributed by atoms with Gasteiger partial charge in [-0.3, -0.25) is 4.57 Å². The summed E-state index contributed by atoms with van der Waals surface area (Å²) in [4.78, 5) is 10.5. The van der Waals surface area contributed by atoms with Crippen LogP contribution in [0.25, 0.3) is 88.2 Å². The van der Waals surface area contributed by atoms with Crippen molar-refractivity contribution in [2.45, 2.75) is 0 Å². The highest BCUT2D eigenvalue weighted by molar-refractivity contribution is 6.21. The predicted octanol–water partition coefficient (Wildman–Crippen LogP) is 10.8. The van der Waals surface area contributed by atoms with Gasteiger partial charge in [0, 0.05) is 38.2 Å². The van der Waals surface area contributed by atoms with Crippen LogP contribution in [-0.2, 0) is 0 Å². The van der Waals surface area contributed by atoms with Crippen LogP contribution in [0.15, 0.2) is 152 Å². The Morgan fingerprint density at radius 2 is 1.09 bits per heavy atom. The highest BCUT2D eigenvalue weighted by atomic mass is 19.1. The van der Waals surface area contributed by atoms with E-state index in [1.54, 1.807) is 0 Å². The number of rotatable bonds is 3. The Kier molecular flexibility index (Phi) is 5.43. The average Bonchev–Trinajstić information content (AvgIpc) is 3.64. The molecule has 3 aromatic heterocycles. The van der Waals surface area contributed by atoms with Crippen LogP contribution >= 0.6 is 0 Å². The van der Waals surface area contributed by atoms with E-state index in [4.69, 9.17) is 9.97 Å². The number of hydrogen-bond acceptors (Lipinski definition) is 2. The van der Waals surface area contributed by atoms with E-state index in [-0.39, 0.29) is 5.82 Å². The van der Waals surface area contributed by atoms with Crippen molar-refractivity contribution in [3.05, 3.63) is 157 Å². The number of benzene rings is 7. The standard InChI is InChI=1S/C42H25FN4/c43-28-19-21-29(22-20-28)46-36-15-7-4-11-31(36)34-25-27(18-23-38(34)46)41-32-12-3-6-14-35(32)44-42(45-41)47-37-16-8-5-13-33(37)40-30-10-2-1-9-26(30)17-24-39(40)47/h1-25H. The molecule has 10 rings (SSSR count). The Hall–Kier alpha value is -6.33. The molecule has 0 spiro atoms. The van der Waals surface area contributed by atoms with E-state index < -0.39 is 0 Å². The van der Waals surface area contributed by atoms with Crippen LogP contribution in [0.1, 0.15) is 0 Å². The van der Waals surface area contributed by atoms with Gasteiger partial charge in [0.05, 0.1) is 33.3 Å². The Labute approximate surface area is 268 Å². The lowest BCUT2D eigenvalue weighted by Crippen LogP contribution is -2.03. The summed E-state index contributed by atoms with van der Waals surface area (Å²) in [6, 6.07) is 51.2. The summed E-state index contributed by atoms with van der Waals surface area (Å²) in [6.45, 7) is 0. The summed E-state index contributed by atoms with van der Waals surface area (Å²) < 4.78 is 18.3. The molecule has 10 aromatic rings. The van der Waals surface area contributed by atoms with Crippen LogP contribution in [0.2, 0.25) is 0 Å². The number of halogens is 1. The molecule has 0 fully saturated rings. The molecule has 3 heterocycles. The fourth-order valence-corrected chi connectivity index (χ4v) is 7.33. The van der Waals surface area contributed by atoms with Gasteiger partial charge in [-0.1, -0.05) is 91.0 Å². The lowest BCUT2D eigenvalue weighted by Gasteiger charge is -2.12. The van der Waals surface area contributed by atoms with Gasteiger partial charge in [-0.05, 0) is 71.4 Å². The first kappa shape index (κ1) is 25.9. The maximum atomic E-state index is 13.9. The smallest absolute Gasteiger partial charge is 0.235 e. The third-order valence-corrected chi connectivity index (χ3v) is 9.38. The zero-order valence-electron chi connectivity index (χ0n) is 25.1. The summed E-state index contributed by atoms with van der Waals surface area (Å²) >= 11 is 0. The summed E-state index contributed by atoms with van der Waals surface area (Å²) in [5, 5.41) is 8.01. The van der Waals surface area contributed by atoms with Gasteiger partial charge >= 0.3 is 0 Å². The van der Waals surface area contributed by atoms with Gasteiger partial charge < -0.3 is 4.57 Å². The molecule has 47 heavy (non-hydrogen) atoms. The minimum absolute atomic E-state index is 0.250. The van der Waals surface area contributed by atoms with Crippen molar-refractivity contribution in [2.24, 2.45) is 0 Å². The largest absolute Gasteiger partial charge is 0.309 e. The molecule has 0 radical (unpaired) electrons. The molecular weight excluding hydrogens is 579 g/mol. The van der Waals surface area contributed by atoms with Crippen molar-refractivity contribution in [3.8, 4) is 22.9 Å². The van der Waals surface area contributed by atoms with Crippen molar-refractivity contribution in [2.75, 3.05) is 0 Å². The molecule has 0 aliphatic heterocycles. The van der Waals surface area contributed by atoms with E-state index in [1.165, 1.54) is 33.7 Å². The average molecular weight is 605 g/mol. The normalized spacial score (nSPS) is 11.9. The third kappa shape index (κ3) is 3.80. The van der Waals surface area contributed by atoms with Crippen molar-refractivity contribution < 1.29 is 4.39 Å². The van der Waals surface area contributed by atoms with Gasteiger partial charge in [0.1, 0.15) is 5.82 Å². The number of nitrogens with zero attached hydrogens (tertiary/aromatic N) is 4. The highest BCUT2D eigenvalue weighted by Gasteiger charge is 2.20. The number of para-hydroxylation sites is 3. The monoisotopic (exact) mass is 604 g/mol. The summed E-state index contributed by atoms with van der Waals surface area (Å²) in [5.74, 6) is 0.383. The Morgan fingerprint density at radius 3 is 1.91 bits per heavy atom. The van der Waals surface area contributed by atoms with Crippen LogP contribution in [0, 0.1) is 5.82 Å². The second-order valence-electron chi connectivity index (χ2n) is 12.0. The van der Waals surface area contributed by atoms with E-state index in [1.807, 2.05) is 30.3 Å². The van der Waals surface area contributed by atoms with E-state index in [0.29, 0.717) is 5.95 Å². The first-order valence-corrected chi connectivity index (χ1v) is 15.7. The zero-order valence-corrected chi connectivity index (χ0v) is 25.1. The molecule has 0 N–H and O–H groups in total. The van der Waals surface area contributed by atoms with Crippen LogP contribution in [0.4, 0.5) is 4.39 Å². The fraction of sp³-hybridized carbons (Fsp3) is 0. The minimum Gasteiger partial charge on any atom is -0.309 e. The van der Waals surface area contributed by atoms with E-state index in [2.05, 4.69) is 118 Å². The molecule has 0 amide bonds. The maximum absolute atomic E-state index is 13.9. The van der Waals surface area contributed by atoms with E-state index >= 15 is 0 Å². The molecule has 0 aliphatic carbocycles. The predicted molar refractivity (Wildman–Crippen MR) is 191 cm³/mol. The van der Waals surface area contributed by atoms with Gasteiger partial charge in [-0.15, -0.1) is 0 Å². The lowest BCUT2D eigenvalue weighted by atomic mass is 10.0. The SMILES string of the molecule is Fc1ccc(-n2c3ccccc3c3cc(-c4nc(-n5c6ccccc6c6c7ccccc7ccc65)nc5ccccc45)ccc32)cc1. The zero-order chi connectivity index (χ0) is 31.1.